The highest BCUT2D eigenvalue weighted by Gasteiger charge is 2.30. The van der Waals surface area contributed by atoms with E-state index in [0.29, 0.717) is 17.7 Å². The Bertz CT molecular complexity index is 1380. The van der Waals surface area contributed by atoms with Crippen LogP contribution in [0.5, 0.6) is 11.6 Å². The molecule has 176 valence electrons. The van der Waals surface area contributed by atoms with Gasteiger partial charge in [0.25, 0.3) is 0 Å². The minimum absolute atomic E-state index is 0.0347. The minimum atomic E-state index is -0.397. The first kappa shape index (κ1) is 21.5. The first-order chi connectivity index (χ1) is 17.1. The molecule has 1 amide bonds. The highest BCUT2D eigenvalue weighted by atomic mass is 16.6. The van der Waals surface area contributed by atoms with Gasteiger partial charge < -0.3 is 14.0 Å². The molecule has 6 rings (SSSR count). The SMILES string of the molecule is C[C@@H](OC(=O)Nc1ccc(-c2cc3ccc(Oc4ccccn4)cc3n2CC2C=C2)cc1)C1CC1. The molecular formula is C29H27N3O3. The van der Waals surface area contributed by atoms with Gasteiger partial charge in [-0.15, -0.1) is 0 Å². The zero-order valence-corrected chi connectivity index (χ0v) is 19.6. The lowest BCUT2D eigenvalue weighted by molar-refractivity contribution is 0.108. The summed E-state index contributed by atoms with van der Waals surface area (Å²) >= 11 is 0. The third kappa shape index (κ3) is 4.92. The fourth-order valence-corrected chi connectivity index (χ4v) is 4.38. The van der Waals surface area contributed by atoms with Crippen LogP contribution in [0.2, 0.25) is 0 Å². The van der Waals surface area contributed by atoms with Gasteiger partial charge in [0.15, 0.2) is 0 Å². The van der Waals surface area contributed by atoms with Crippen molar-refractivity contribution in [3.05, 3.63) is 85.1 Å². The average Bonchev–Trinajstić information content (AvgIpc) is 3.79. The van der Waals surface area contributed by atoms with E-state index in [4.69, 9.17) is 9.47 Å². The number of benzene rings is 2. The Morgan fingerprint density at radius 3 is 2.63 bits per heavy atom. The number of amides is 1. The average molecular weight is 466 g/mol. The van der Waals surface area contributed by atoms with Gasteiger partial charge in [-0.05, 0) is 67.6 Å². The van der Waals surface area contributed by atoms with E-state index in [-0.39, 0.29) is 6.10 Å². The van der Waals surface area contributed by atoms with Crippen LogP contribution in [-0.4, -0.2) is 21.7 Å². The summed E-state index contributed by atoms with van der Waals surface area (Å²) in [4.78, 5) is 16.5. The zero-order valence-electron chi connectivity index (χ0n) is 19.6. The van der Waals surface area contributed by atoms with Crippen LogP contribution in [0.4, 0.5) is 10.5 Å². The van der Waals surface area contributed by atoms with Crippen molar-refractivity contribution in [2.75, 3.05) is 5.32 Å². The van der Waals surface area contributed by atoms with Crippen molar-refractivity contribution in [3.63, 3.8) is 0 Å². The van der Waals surface area contributed by atoms with Crippen molar-refractivity contribution in [3.8, 4) is 22.9 Å². The van der Waals surface area contributed by atoms with Gasteiger partial charge in [0, 0.05) is 47.6 Å². The number of hydrogen-bond donors (Lipinski definition) is 1. The van der Waals surface area contributed by atoms with E-state index < -0.39 is 6.09 Å². The maximum Gasteiger partial charge on any atom is 0.411 e. The van der Waals surface area contributed by atoms with E-state index in [2.05, 4.69) is 45.2 Å². The Morgan fingerprint density at radius 1 is 1.09 bits per heavy atom. The van der Waals surface area contributed by atoms with E-state index >= 15 is 0 Å². The molecular weight excluding hydrogens is 438 g/mol. The molecule has 0 radical (unpaired) electrons. The number of nitrogens with zero attached hydrogens (tertiary/aromatic N) is 2. The zero-order chi connectivity index (χ0) is 23.8. The highest BCUT2D eigenvalue weighted by molar-refractivity contribution is 5.89. The summed E-state index contributed by atoms with van der Waals surface area (Å²) in [6.45, 7) is 2.83. The number of anilines is 1. The Kier molecular flexibility index (Phi) is 5.49. The van der Waals surface area contributed by atoms with Gasteiger partial charge in [-0.25, -0.2) is 9.78 Å². The summed E-state index contributed by atoms with van der Waals surface area (Å²) < 4.78 is 13.8. The molecule has 6 nitrogen and oxygen atoms in total. The van der Waals surface area contributed by atoms with Gasteiger partial charge in [0.1, 0.15) is 11.9 Å². The number of allylic oxidation sites excluding steroid dienone is 2. The summed E-state index contributed by atoms with van der Waals surface area (Å²) in [5, 5.41) is 3.99. The molecule has 35 heavy (non-hydrogen) atoms. The monoisotopic (exact) mass is 465 g/mol. The van der Waals surface area contributed by atoms with Crippen LogP contribution in [0.3, 0.4) is 0 Å². The predicted molar refractivity (Wildman–Crippen MR) is 137 cm³/mol. The van der Waals surface area contributed by atoms with Crippen molar-refractivity contribution in [2.45, 2.75) is 32.4 Å². The normalized spacial score (nSPS) is 15.7. The summed E-state index contributed by atoms with van der Waals surface area (Å²) in [6.07, 6.45) is 8.00. The molecule has 1 fully saturated rings. The minimum Gasteiger partial charge on any atom is -0.446 e. The molecule has 0 saturated heterocycles. The van der Waals surface area contributed by atoms with Crippen LogP contribution in [0.15, 0.2) is 85.1 Å². The Morgan fingerprint density at radius 2 is 1.91 bits per heavy atom. The third-order valence-electron chi connectivity index (χ3n) is 6.60. The topological polar surface area (TPSA) is 65.4 Å². The molecule has 0 unspecified atom stereocenters. The van der Waals surface area contributed by atoms with Crippen molar-refractivity contribution in [2.24, 2.45) is 11.8 Å². The van der Waals surface area contributed by atoms with Crippen LogP contribution >= 0.6 is 0 Å². The quantitative estimate of drug-likeness (QED) is 0.284. The summed E-state index contributed by atoms with van der Waals surface area (Å²) in [5.41, 5.74) is 4.04. The molecule has 2 heterocycles. The van der Waals surface area contributed by atoms with E-state index in [1.54, 1.807) is 6.20 Å². The molecule has 0 aliphatic heterocycles. The van der Waals surface area contributed by atoms with Gasteiger partial charge in [0.05, 0.1) is 5.52 Å². The second-order valence-electron chi connectivity index (χ2n) is 9.33. The van der Waals surface area contributed by atoms with Gasteiger partial charge in [-0.1, -0.05) is 30.4 Å². The standard InChI is InChI=1S/C29H27N3O3/c1-19(21-7-8-21)34-29(33)31-24-12-9-22(10-13-24)26-16-23-11-14-25(35-28-4-2-3-15-30-28)17-27(23)32(26)18-20-5-6-20/h2-6,9-17,19-21H,7-8,18H2,1H3,(H,31,33)/t19-/m1/s1. The lowest BCUT2D eigenvalue weighted by Gasteiger charge is -2.14. The van der Waals surface area contributed by atoms with Crippen LogP contribution in [0.1, 0.15) is 19.8 Å². The fourth-order valence-electron chi connectivity index (χ4n) is 4.38. The Balaban J connectivity index is 1.25. The third-order valence-corrected chi connectivity index (χ3v) is 6.60. The Labute approximate surface area is 204 Å². The van der Waals surface area contributed by atoms with Crippen molar-refractivity contribution >= 4 is 22.7 Å². The number of rotatable bonds is 8. The van der Waals surface area contributed by atoms with Gasteiger partial charge >= 0.3 is 6.09 Å². The van der Waals surface area contributed by atoms with Crippen LogP contribution in [-0.2, 0) is 11.3 Å². The second-order valence-corrected chi connectivity index (χ2v) is 9.33. The molecule has 1 N–H and O–H groups in total. The number of carbonyl (C=O) groups is 1. The number of aromatic nitrogens is 2. The molecule has 0 bridgehead atoms. The van der Waals surface area contributed by atoms with Crippen LogP contribution in [0, 0.1) is 11.8 Å². The molecule has 1 saturated carbocycles. The molecule has 1 atom stereocenters. The van der Waals surface area contributed by atoms with E-state index in [0.717, 1.165) is 53.0 Å². The van der Waals surface area contributed by atoms with Crippen LogP contribution < -0.4 is 10.1 Å². The number of carbonyl (C=O) groups excluding carboxylic acids is 1. The molecule has 2 aliphatic carbocycles. The summed E-state index contributed by atoms with van der Waals surface area (Å²) in [6, 6.07) is 21.9. The number of pyridine rings is 1. The smallest absolute Gasteiger partial charge is 0.411 e. The number of nitrogens with one attached hydrogen (secondary N) is 1. The number of hydrogen-bond acceptors (Lipinski definition) is 4. The van der Waals surface area contributed by atoms with Crippen molar-refractivity contribution < 1.29 is 14.3 Å². The Hall–Kier alpha value is -4.06. The summed E-state index contributed by atoms with van der Waals surface area (Å²) in [7, 11) is 0. The van der Waals surface area contributed by atoms with E-state index in [1.807, 2.05) is 55.5 Å². The fraction of sp³-hybridized carbons (Fsp3) is 0.241. The molecule has 0 spiro atoms. The van der Waals surface area contributed by atoms with Gasteiger partial charge in [-0.2, -0.15) is 0 Å². The highest BCUT2D eigenvalue weighted by Crippen LogP contribution is 2.35. The molecule has 6 heteroatoms. The van der Waals surface area contributed by atoms with Crippen molar-refractivity contribution in [1.82, 2.24) is 9.55 Å². The van der Waals surface area contributed by atoms with Crippen molar-refractivity contribution in [1.29, 1.82) is 0 Å². The molecule has 2 aliphatic rings. The lowest BCUT2D eigenvalue weighted by Crippen LogP contribution is -2.21. The largest absolute Gasteiger partial charge is 0.446 e. The number of ether oxygens (including phenoxy) is 2. The first-order valence-electron chi connectivity index (χ1n) is 12.1. The molecule has 2 aromatic heterocycles. The maximum atomic E-state index is 12.2. The van der Waals surface area contributed by atoms with Crippen LogP contribution in [0.25, 0.3) is 22.2 Å². The van der Waals surface area contributed by atoms with E-state index in [9.17, 15) is 4.79 Å². The van der Waals surface area contributed by atoms with Gasteiger partial charge in [-0.3, -0.25) is 5.32 Å². The second kappa shape index (κ2) is 8.95. The van der Waals surface area contributed by atoms with E-state index in [1.165, 1.54) is 0 Å². The summed E-state index contributed by atoms with van der Waals surface area (Å²) in [5.74, 6) is 2.31. The molecule has 4 aromatic rings. The molecule has 2 aromatic carbocycles. The maximum absolute atomic E-state index is 12.2. The predicted octanol–water partition coefficient (Wildman–Crippen LogP) is 7.03. The lowest BCUT2D eigenvalue weighted by atomic mass is 10.1. The van der Waals surface area contributed by atoms with Gasteiger partial charge in [0.2, 0.25) is 5.88 Å². The first-order valence-corrected chi connectivity index (χ1v) is 12.1. The number of fused-ring (bicyclic) bond motifs is 1.